The average molecular weight is 925 g/mol. The minimum Gasteiger partial charge on any atom is -0.474 e. The molecule has 2 saturated heterocycles. The number of aromatic nitrogens is 3. The summed E-state index contributed by atoms with van der Waals surface area (Å²) in [6, 6.07) is 29.0. The molecule has 6 heterocycles. The number of hydrogen-bond donors (Lipinski definition) is 3. The summed E-state index contributed by atoms with van der Waals surface area (Å²) in [6.07, 6.45) is 13.2. The lowest BCUT2D eigenvalue weighted by Gasteiger charge is -2.48. The van der Waals surface area contributed by atoms with Gasteiger partial charge >= 0.3 is 5.69 Å². The van der Waals surface area contributed by atoms with Gasteiger partial charge in [-0.1, -0.05) is 68.4 Å². The van der Waals surface area contributed by atoms with Gasteiger partial charge in [0.1, 0.15) is 23.8 Å². The Morgan fingerprint density at radius 2 is 1.75 bits per heavy atom. The number of nitro groups is 1. The predicted molar refractivity (Wildman–Crippen MR) is 257 cm³/mol. The molecule has 67 heavy (non-hydrogen) atoms. The molecule has 6 aromatic rings. The van der Waals surface area contributed by atoms with Gasteiger partial charge in [-0.3, -0.25) is 19.8 Å². The summed E-state index contributed by atoms with van der Waals surface area (Å²) in [7, 11) is -4.76. The number of ether oxygens (including phenoxy) is 2. The number of hydrogen-bond acceptors (Lipinski definition) is 12. The molecule has 3 N–H and O–H groups in total. The summed E-state index contributed by atoms with van der Waals surface area (Å²) in [4.78, 5) is 42.5. The van der Waals surface area contributed by atoms with Crippen molar-refractivity contribution in [1.82, 2.24) is 24.6 Å². The Kier molecular flexibility index (Phi) is 12.1. The highest BCUT2D eigenvalue weighted by Gasteiger charge is 2.42. The number of fused-ring (bicyclic) bond motifs is 2. The van der Waals surface area contributed by atoms with Gasteiger partial charge in [-0.15, -0.1) is 0 Å². The number of likely N-dealkylation sites (tertiary alicyclic amines) is 1. The van der Waals surface area contributed by atoms with Crippen LogP contribution in [0.4, 0.5) is 17.1 Å². The van der Waals surface area contributed by atoms with E-state index in [4.69, 9.17) is 9.47 Å². The molecular formula is C51H56N8O7S. The fourth-order valence-corrected chi connectivity index (χ4v) is 11.9. The van der Waals surface area contributed by atoms with Crippen LogP contribution in [0.5, 0.6) is 17.4 Å². The minimum absolute atomic E-state index is 0.0303. The maximum atomic E-state index is 14.1. The van der Waals surface area contributed by atoms with Crippen molar-refractivity contribution in [3.05, 3.63) is 136 Å². The van der Waals surface area contributed by atoms with Gasteiger partial charge in [0, 0.05) is 48.5 Å². The molecule has 10 rings (SSSR count). The average Bonchev–Trinajstić information content (AvgIpc) is 4.02. The van der Waals surface area contributed by atoms with Crippen molar-refractivity contribution in [1.29, 1.82) is 0 Å². The van der Waals surface area contributed by atoms with Crippen LogP contribution in [0.15, 0.2) is 108 Å². The fourth-order valence-electron chi connectivity index (χ4n) is 10.9. The van der Waals surface area contributed by atoms with Crippen molar-refractivity contribution in [3.63, 3.8) is 0 Å². The van der Waals surface area contributed by atoms with Crippen molar-refractivity contribution in [2.75, 3.05) is 36.5 Å². The largest absolute Gasteiger partial charge is 0.474 e. The van der Waals surface area contributed by atoms with Crippen molar-refractivity contribution >= 4 is 44.0 Å². The van der Waals surface area contributed by atoms with Gasteiger partial charge in [0.05, 0.1) is 28.8 Å². The molecule has 1 spiro atoms. The number of nitrogens with zero attached hydrogens (tertiary/aromatic N) is 5. The summed E-state index contributed by atoms with van der Waals surface area (Å²) in [5, 5.41) is 15.5. The van der Waals surface area contributed by atoms with Crippen molar-refractivity contribution in [2.24, 2.45) is 5.41 Å². The first-order valence-corrected chi connectivity index (χ1v) is 24.9. The summed E-state index contributed by atoms with van der Waals surface area (Å²) in [5.41, 5.74) is 5.14. The Morgan fingerprint density at radius 3 is 2.52 bits per heavy atom. The second-order valence-corrected chi connectivity index (χ2v) is 20.6. The molecule has 3 fully saturated rings. The highest BCUT2D eigenvalue weighted by Crippen LogP contribution is 2.49. The quantitative estimate of drug-likeness (QED) is 0.0781. The first kappa shape index (κ1) is 44.3. The number of sulfonamides is 1. The Bertz CT molecular complexity index is 2910. The molecule has 1 amide bonds. The molecule has 0 bridgehead atoms. The van der Waals surface area contributed by atoms with E-state index in [1.807, 2.05) is 42.5 Å². The van der Waals surface area contributed by atoms with Gasteiger partial charge in [0.15, 0.2) is 10.7 Å². The second-order valence-electron chi connectivity index (χ2n) is 19.0. The van der Waals surface area contributed by atoms with Gasteiger partial charge in [0.25, 0.3) is 15.9 Å². The van der Waals surface area contributed by atoms with E-state index in [1.165, 1.54) is 62.4 Å². The van der Waals surface area contributed by atoms with Crippen LogP contribution in [0.3, 0.4) is 0 Å². The number of amides is 1. The zero-order valence-electron chi connectivity index (χ0n) is 37.8. The van der Waals surface area contributed by atoms with E-state index in [1.54, 1.807) is 24.4 Å². The molecule has 3 aromatic heterocycles. The number of rotatable bonds is 12. The van der Waals surface area contributed by atoms with Crippen LogP contribution >= 0.6 is 0 Å². The van der Waals surface area contributed by atoms with Crippen molar-refractivity contribution < 1.29 is 27.6 Å². The number of anilines is 2. The van der Waals surface area contributed by atoms with E-state index >= 15 is 0 Å². The topological polar surface area (TPSA) is 185 Å². The number of aromatic amines is 1. The van der Waals surface area contributed by atoms with E-state index < -0.39 is 31.6 Å². The lowest BCUT2D eigenvalue weighted by Crippen LogP contribution is -2.45. The fraction of sp³-hybridized carbons (Fsp3) is 0.392. The van der Waals surface area contributed by atoms with E-state index in [9.17, 15) is 23.3 Å². The van der Waals surface area contributed by atoms with Gasteiger partial charge in [-0.2, -0.15) is 13.4 Å². The van der Waals surface area contributed by atoms with Crippen molar-refractivity contribution in [3.8, 4) is 17.4 Å². The third kappa shape index (κ3) is 9.16. The Morgan fingerprint density at radius 1 is 0.970 bits per heavy atom. The van der Waals surface area contributed by atoms with E-state index in [0.717, 1.165) is 48.6 Å². The summed E-state index contributed by atoms with van der Waals surface area (Å²) in [5.74, 6) is -0.258. The molecular weight excluding hydrogens is 869 g/mol. The first-order valence-electron chi connectivity index (χ1n) is 23.5. The third-order valence-corrected chi connectivity index (χ3v) is 15.7. The van der Waals surface area contributed by atoms with E-state index in [-0.39, 0.29) is 40.9 Å². The minimum atomic E-state index is -4.76. The van der Waals surface area contributed by atoms with Gasteiger partial charge in [-0.05, 0) is 117 Å². The van der Waals surface area contributed by atoms with Crippen LogP contribution < -0.4 is 24.4 Å². The SMILES string of the molecule is CC(C)c1ccccc1C1CCCN1C1CCC2(CC1)CCN(c1ccc(C(=O)NS(=O)(=O)c3cc([N+](=O)[O-])c4c(n3)OC[C@H](Cc3ccccc3)N4)c(Oc3cnc4[nH]ccc4c3)c1)CC2. The zero-order chi connectivity index (χ0) is 46.3. The highest BCUT2D eigenvalue weighted by atomic mass is 32.2. The standard InChI is InChI=1S/C51H56N8O7S/c1-33(2)40-11-6-7-12-41(40)43-13-8-24-58(43)37-16-19-51(20-17-37)21-25-57(26-22-51)38-14-15-42(45(29-38)66-39-28-35-18-23-52-48(35)53-31-39)49(60)56-67(63,64)46-30-44(59(61)62)47-50(55-46)65-32-36(54-47)27-34-9-4-3-5-10-34/h3-7,9-12,14-15,18,23,28-31,33,36-37,43,54H,8,13,16-17,19-22,24-27,32H2,1-2H3,(H,52,53)(H,56,60)/t36-,43?/m0/s1. The molecule has 348 valence electrons. The van der Waals surface area contributed by atoms with Crippen LogP contribution in [0.25, 0.3) is 11.0 Å². The molecule has 16 heteroatoms. The van der Waals surface area contributed by atoms with Gasteiger partial charge < -0.3 is 24.7 Å². The molecule has 1 aliphatic carbocycles. The normalized spacial score (nSPS) is 19.8. The van der Waals surface area contributed by atoms with Crippen LogP contribution in [-0.4, -0.2) is 77.4 Å². The molecule has 15 nitrogen and oxygen atoms in total. The summed E-state index contributed by atoms with van der Waals surface area (Å²) < 4.78 is 42.0. The lowest BCUT2D eigenvalue weighted by molar-refractivity contribution is -0.384. The lowest BCUT2D eigenvalue weighted by atomic mass is 9.66. The Balaban J connectivity index is 0.849. The first-order chi connectivity index (χ1) is 32.4. The smallest absolute Gasteiger partial charge is 0.300 e. The maximum absolute atomic E-state index is 14.1. The molecule has 3 aliphatic heterocycles. The number of carbonyl (C=O) groups excluding carboxylic acids is 1. The number of benzene rings is 3. The molecule has 1 unspecified atom stereocenters. The molecule has 2 atom stereocenters. The highest BCUT2D eigenvalue weighted by molar-refractivity contribution is 7.90. The van der Waals surface area contributed by atoms with Crippen LogP contribution in [0.1, 0.15) is 104 Å². The number of piperidine rings is 1. The summed E-state index contributed by atoms with van der Waals surface area (Å²) >= 11 is 0. The van der Waals surface area contributed by atoms with Crippen molar-refractivity contribution in [2.45, 2.75) is 101 Å². The predicted octanol–water partition coefficient (Wildman–Crippen LogP) is 9.68. The molecule has 1 saturated carbocycles. The maximum Gasteiger partial charge on any atom is 0.300 e. The molecule has 0 radical (unpaired) electrons. The molecule has 4 aliphatic rings. The van der Waals surface area contributed by atoms with E-state index in [0.29, 0.717) is 35.8 Å². The Hall–Kier alpha value is -6.52. The number of H-pyrrole nitrogens is 1. The van der Waals surface area contributed by atoms with E-state index in [2.05, 4.69) is 72.9 Å². The van der Waals surface area contributed by atoms with Gasteiger partial charge in [0.2, 0.25) is 5.88 Å². The van der Waals surface area contributed by atoms with Crippen LogP contribution in [0, 0.1) is 15.5 Å². The zero-order valence-corrected chi connectivity index (χ0v) is 38.6. The van der Waals surface area contributed by atoms with Gasteiger partial charge in [-0.25, -0.2) is 9.71 Å². The Labute approximate surface area is 390 Å². The molecule has 3 aromatic carbocycles. The van der Waals surface area contributed by atoms with Crippen LogP contribution in [0.2, 0.25) is 0 Å². The van der Waals surface area contributed by atoms with Crippen LogP contribution in [-0.2, 0) is 16.4 Å². The number of nitrogens with one attached hydrogen (secondary N) is 3. The monoisotopic (exact) mass is 924 g/mol. The third-order valence-electron chi connectivity index (χ3n) is 14.5. The number of pyridine rings is 2. The summed E-state index contributed by atoms with van der Waals surface area (Å²) in [6.45, 7) is 7.52. The number of carbonyl (C=O) groups is 1. The second kappa shape index (κ2) is 18.3.